The highest BCUT2D eigenvalue weighted by molar-refractivity contribution is 5.86. The third-order valence-electron chi connectivity index (χ3n) is 5.24. The average molecular weight is 383 g/mol. The molecule has 4 aromatic rings. The molecule has 0 saturated heterocycles. The molecule has 0 aliphatic rings. The van der Waals surface area contributed by atoms with Gasteiger partial charge in [-0.2, -0.15) is 0 Å². The number of pyridine rings is 1. The second-order valence-corrected chi connectivity index (χ2v) is 7.31. The molecule has 0 fully saturated rings. The first kappa shape index (κ1) is 19.0. The number of ether oxygens (including phenoxy) is 1. The van der Waals surface area contributed by atoms with E-state index < -0.39 is 0 Å². The molecule has 1 unspecified atom stereocenters. The Kier molecular flexibility index (Phi) is 5.19. The van der Waals surface area contributed by atoms with Gasteiger partial charge in [-0.3, -0.25) is 0 Å². The molecule has 0 radical (unpaired) electrons. The maximum Gasteiger partial charge on any atom is 0.118 e. The fraction of sp³-hybridized carbons (Fsp3) is 0.160. The second-order valence-electron chi connectivity index (χ2n) is 7.31. The van der Waals surface area contributed by atoms with Crippen molar-refractivity contribution >= 4 is 16.6 Å². The number of rotatable bonds is 5. The van der Waals surface area contributed by atoms with Crippen molar-refractivity contribution in [2.24, 2.45) is 5.73 Å². The van der Waals surface area contributed by atoms with Gasteiger partial charge in [-0.25, -0.2) is 4.98 Å². The summed E-state index contributed by atoms with van der Waals surface area (Å²) in [6.45, 7) is 0. The Morgan fingerprint density at radius 1 is 0.897 bits per heavy atom. The van der Waals surface area contributed by atoms with Gasteiger partial charge in [0.1, 0.15) is 5.75 Å². The van der Waals surface area contributed by atoms with E-state index in [1.807, 2.05) is 56.6 Å². The molecule has 1 atom stereocenters. The highest BCUT2D eigenvalue weighted by atomic mass is 16.5. The van der Waals surface area contributed by atoms with Crippen LogP contribution in [-0.4, -0.2) is 26.2 Å². The summed E-state index contributed by atoms with van der Waals surface area (Å²) < 4.78 is 5.28. The number of hydrogen-bond donors (Lipinski definition) is 1. The molecule has 4 rings (SSSR count). The molecule has 0 saturated carbocycles. The lowest BCUT2D eigenvalue weighted by Gasteiger charge is -2.18. The van der Waals surface area contributed by atoms with Gasteiger partial charge in [0.25, 0.3) is 0 Å². The van der Waals surface area contributed by atoms with Crippen molar-refractivity contribution in [3.05, 3.63) is 90.0 Å². The lowest BCUT2D eigenvalue weighted by Crippen LogP contribution is -2.14. The third-order valence-corrected chi connectivity index (χ3v) is 5.24. The minimum atomic E-state index is -0.240. The molecule has 29 heavy (non-hydrogen) atoms. The van der Waals surface area contributed by atoms with Gasteiger partial charge in [0, 0.05) is 30.7 Å². The summed E-state index contributed by atoms with van der Waals surface area (Å²) in [5.41, 5.74) is 12.9. The standard InChI is InChI=1S/C25H25N3O/c1-28(2)19-12-8-18(9-13-19)25(26)22-16-24(17-10-14-20(29-3)15-11-17)27-23-7-5-4-6-21(22)23/h4-16,25H,26H2,1-3H3. The van der Waals surface area contributed by atoms with Crippen LogP contribution in [0.25, 0.3) is 22.2 Å². The maximum absolute atomic E-state index is 6.74. The highest BCUT2D eigenvalue weighted by Gasteiger charge is 2.15. The predicted octanol–water partition coefficient (Wildman–Crippen LogP) is 5.02. The summed E-state index contributed by atoms with van der Waals surface area (Å²) in [5.74, 6) is 0.826. The molecule has 0 amide bonds. The molecule has 0 spiro atoms. The fourth-order valence-electron chi connectivity index (χ4n) is 3.53. The topological polar surface area (TPSA) is 51.4 Å². The van der Waals surface area contributed by atoms with Crippen molar-refractivity contribution < 1.29 is 4.74 Å². The molecule has 4 heteroatoms. The molecule has 0 aliphatic heterocycles. The molecular formula is C25H25N3O. The van der Waals surface area contributed by atoms with Gasteiger partial charge in [-0.1, -0.05) is 30.3 Å². The number of methoxy groups -OCH3 is 1. The van der Waals surface area contributed by atoms with Crippen LogP contribution in [0.5, 0.6) is 5.75 Å². The fourth-order valence-corrected chi connectivity index (χ4v) is 3.53. The lowest BCUT2D eigenvalue weighted by atomic mass is 9.94. The van der Waals surface area contributed by atoms with E-state index in [0.29, 0.717) is 0 Å². The molecular weight excluding hydrogens is 358 g/mol. The van der Waals surface area contributed by atoms with Crippen molar-refractivity contribution in [2.45, 2.75) is 6.04 Å². The van der Waals surface area contributed by atoms with E-state index in [0.717, 1.165) is 44.7 Å². The lowest BCUT2D eigenvalue weighted by molar-refractivity contribution is 0.415. The predicted molar refractivity (Wildman–Crippen MR) is 121 cm³/mol. The average Bonchev–Trinajstić information content (AvgIpc) is 2.78. The molecule has 146 valence electrons. The van der Waals surface area contributed by atoms with Crippen LogP contribution in [0.15, 0.2) is 78.9 Å². The van der Waals surface area contributed by atoms with Crippen LogP contribution in [-0.2, 0) is 0 Å². The van der Waals surface area contributed by atoms with Crippen molar-refractivity contribution in [3.63, 3.8) is 0 Å². The van der Waals surface area contributed by atoms with Gasteiger partial charge in [0.15, 0.2) is 0 Å². The normalized spacial score (nSPS) is 12.0. The van der Waals surface area contributed by atoms with Gasteiger partial charge >= 0.3 is 0 Å². The van der Waals surface area contributed by atoms with Crippen LogP contribution in [0.3, 0.4) is 0 Å². The molecule has 0 bridgehead atoms. The number of anilines is 1. The summed E-state index contributed by atoms with van der Waals surface area (Å²) in [6, 6.07) is 26.4. The Balaban J connectivity index is 1.81. The van der Waals surface area contributed by atoms with Crippen molar-refractivity contribution in [1.82, 2.24) is 4.98 Å². The van der Waals surface area contributed by atoms with Crippen LogP contribution in [0.4, 0.5) is 5.69 Å². The van der Waals surface area contributed by atoms with E-state index in [9.17, 15) is 0 Å². The van der Waals surface area contributed by atoms with E-state index >= 15 is 0 Å². The molecule has 1 aromatic heterocycles. The molecule has 2 N–H and O–H groups in total. The monoisotopic (exact) mass is 383 g/mol. The maximum atomic E-state index is 6.74. The molecule has 4 nitrogen and oxygen atoms in total. The van der Waals surface area contributed by atoms with E-state index in [-0.39, 0.29) is 6.04 Å². The Morgan fingerprint density at radius 3 is 2.24 bits per heavy atom. The third kappa shape index (κ3) is 3.80. The Bertz CT molecular complexity index is 1120. The first-order valence-corrected chi connectivity index (χ1v) is 9.64. The Labute approximate surface area is 171 Å². The Hall–Kier alpha value is -3.37. The quantitative estimate of drug-likeness (QED) is 0.525. The summed E-state index contributed by atoms with van der Waals surface area (Å²) in [4.78, 5) is 6.95. The number of hydrogen-bond acceptors (Lipinski definition) is 4. The zero-order valence-corrected chi connectivity index (χ0v) is 17.0. The zero-order chi connectivity index (χ0) is 20.4. The molecule has 3 aromatic carbocycles. The van der Waals surface area contributed by atoms with Crippen molar-refractivity contribution in [1.29, 1.82) is 0 Å². The van der Waals surface area contributed by atoms with E-state index in [1.54, 1.807) is 7.11 Å². The van der Waals surface area contributed by atoms with Gasteiger partial charge in [0.05, 0.1) is 24.4 Å². The van der Waals surface area contributed by atoms with Crippen LogP contribution in [0, 0.1) is 0 Å². The Morgan fingerprint density at radius 2 is 1.59 bits per heavy atom. The molecule has 1 heterocycles. The smallest absolute Gasteiger partial charge is 0.118 e. The minimum absolute atomic E-state index is 0.240. The number of nitrogens with two attached hydrogens (primary N) is 1. The van der Waals surface area contributed by atoms with Gasteiger partial charge in [-0.15, -0.1) is 0 Å². The van der Waals surface area contributed by atoms with Gasteiger partial charge < -0.3 is 15.4 Å². The summed E-state index contributed by atoms with van der Waals surface area (Å²) in [7, 11) is 5.74. The van der Waals surface area contributed by atoms with Crippen LogP contribution >= 0.6 is 0 Å². The first-order chi connectivity index (χ1) is 14.1. The number of benzene rings is 3. The number of nitrogens with zero attached hydrogens (tertiary/aromatic N) is 2. The summed E-state index contributed by atoms with van der Waals surface area (Å²) >= 11 is 0. The van der Waals surface area contributed by atoms with Crippen LogP contribution < -0.4 is 15.4 Å². The van der Waals surface area contributed by atoms with Gasteiger partial charge in [0.2, 0.25) is 0 Å². The number of para-hydroxylation sites is 1. The van der Waals surface area contributed by atoms with Gasteiger partial charge in [-0.05, 0) is 59.7 Å². The SMILES string of the molecule is COc1ccc(-c2cc(C(N)c3ccc(N(C)C)cc3)c3ccccc3n2)cc1. The summed E-state index contributed by atoms with van der Waals surface area (Å²) in [6.07, 6.45) is 0. The van der Waals surface area contributed by atoms with Crippen molar-refractivity contribution in [3.8, 4) is 17.0 Å². The van der Waals surface area contributed by atoms with E-state index in [2.05, 4.69) is 41.3 Å². The summed E-state index contributed by atoms with van der Waals surface area (Å²) in [5, 5.41) is 1.08. The number of aromatic nitrogens is 1. The van der Waals surface area contributed by atoms with Crippen LogP contribution in [0.2, 0.25) is 0 Å². The zero-order valence-electron chi connectivity index (χ0n) is 17.0. The minimum Gasteiger partial charge on any atom is -0.497 e. The number of fused-ring (bicyclic) bond motifs is 1. The second kappa shape index (κ2) is 7.94. The molecule has 0 aliphatic carbocycles. The largest absolute Gasteiger partial charge is 0.497 e. The van der Waals surface area contributed by atoms with E-state index in [4.69, 9.17) is 15.5 Å². The first-order valence-electron chi connectivity index (χ1n) is 9.64. The van der Waals surface area contributed by atoms with E-state index in [1.165, 1.54) is 0 Å². The van der Waals surface area contributed by atoms with Crippen molar-refractivity contribution in [2.75, 3.05) is 26.1 Å². The van der Waals surface area contributed by atoms with Crippen LogP contribution in [0.1, 0.15) is 17.2 Å². The highest BCUT2D eigenvalue weighted by Crippen LogP contribution is 2.32.